The van der Waals surface area contributed by atoms with E-state index in [1.165, 1.54) is 12.1 Å². The molecule has 0 radical (unpaired) electrons. The van der Waals surface area contributed by atoms with Crippen LogP contribution in [0.1, 0.15) is 24.0 Å². The molecule has 0 N–H and O–H groups in total. The molecule has 112 valence electrons. The summed E-state index contributed by atoms with van der Waals surface area (Å²) < 4.78 is 37.9. The maximum atomic E-state index is 12.6. The first-order valence-corrected chi connectivity index (χ1v) is 6.73. The van der Waals surface area contributed by atoms with Crippen LogP contribution < -0.4 is 0 Å². The second kappa shape index (κ2) is 6.17. The molecule has 1 fully saturated rings. The standard InChI is InChI=1S/C15H15F3N2O/c16-15(17,18)13-5-1-3-11(7-13)8-14(21)20-6-2-4-12(9-19)10-20/h1,3,5,7,12H,2,4,6,8,10H2. The van der Waals surface area contributed by atoms with Gasteiger partial charge in [-0.15, -0.1) is 0 Å². The maximum Gasteiger partial charge on any atom is 0.416 e. The highest BCUT2D eigenvalue weighted by atomic mass is 19.4. The first kappa shape index (κ1) is 15.4. The highest BCUT2D eigenvalue weighted by Gasteiger charge is 2.30. The third-order valence-corrected chi connectivity index (χ3v) is 3.57. The third kappa shape index (κ3) is 3.97. The summed E-state index contributed by atoms with van der Waals surface area (Å²) in [4.78, 5) is 13.7. The quantitative estimate of drug-likeness (QED) is 0.842. The zero-order valence-corrected chi connectivity index (χ0v) is 11.4. The Balaban J connectivity index is 2.04. The van der Waals surface area contributed by atoms with Crippen LogP contribution in [-0.4, -0.2) is 23.9 Å². The number of benzene rings is 1. The smallest absolute Gasteiger partial charge is 0.341 e. The SMILES string of the molecule is N#CC1CCCN(C(=O)Cc2cccc(C(F)(F)F)c2)C1. The van der Waals surface area contributed by atoms with Crippen LogP contribution in [0.5, 0.6) is 0 Å². The van der Waals surface area contributed by atoms with Gasteiger partial charge in [0.15, 0.2) is 0 Å². The van der Waals surface area contributed by atoms with Crippen molar-refractivity contribution in [2.24, 2.45) is 5.92 Å². The fourth-order valence-electron chi connectivity index (χ4n) is 2.45. The van der Waals surface area contributed by atoms with Gasteiger partial charge in [-0.25, -0.2) is 0 Å². The normalized spacial score (nSPS) is 19.1. The molecule has 2 rings (SSSR count). The van der Waals surface area contributed by atoms with Gasteiger partial charge < -0.3 is 4.90 Å². The summed E-state index contributed by atoms with van der Waals surface area (Å²) >= 11 is 0. The lowest BCUT2D eigenvalue weighted by Crippen LogP contribution is -2.40. The number of amides is 1. The van der Waals surface area contributed by atoms with Gasteiger partial charge >= 0.3 is 6.18 Å². The van der Waals surface area contributed by atoms with Gasteiger partial charge in [-0.2, -0.15) is 18.4 Å². The Morgan fingerprint density at radius 1 is 1.43 bits per heavy atom. The molecule has 1 unspecified atom stereocenters. The van der Waals surface area contributed by atoms with E-state index >= 15 is 0 Å². The molecule has 1 aromatic carbocycles. The minimum absolute atomic E-state index is 0.0674. The number of nitriles is 1. The lowest BCUT2D eigenvalue weighted by atomic mass is 9.99. The van der Waals surface area contributed by atoms with E-state index in [1.807, 2.05) is 0 Å². The molecular weight excluding hydrogens is 281 g/mol. The Morgan fingerprint density at radius 2 is 2.19 bits per heavy atom. The van der Waals surface area contributed by atoms with E-state index in [9.17, 15) is 18.0 Å². The van der Waals surface area contributed by atoms with Gasteiger partial charge in [0.2, 0.25) is 5.91 Å². The molecule has 3 nitrogen and oxygen atoms in total. The van der Waals surface area contributed by atoms with Crippen LogP contribution in [-0.2, 0) is 17.4 Å². The van der Waals surface area contributed by atoms with Gasteiger partial charge in [0.1, 0.15) is 0 Å². The number of carbonyl (C=O) groups is 1. The van der Waals surface area contributed by atoms with E-state index in [4.69, 9.17) is 5.26 Å². The number of halogens is 3. The van der Waals surface area contributed by atoms with E-state index in [-0.39, 0.29) is 18.2 Å². The number of hydrogen-bond donors (Lipinski definition) is 0. The molecule has 0 spiro atoms. The molecule has 0 bridgehead atoms. The zero-order valence-electron chi connectivity index (χ0n) is 11.4. The molecule has 0 aliphatic carbocycles. The number of likely N-dealkylation sites (tertiary alicyclic amines) is 1. The lowest BCUT2D eigenvalue weighted by molar-refractivity contribution is -0.138. The average Bonchev–Trinajstić information content (AvgIpc) is 2.46. The molecule has 21 heavy (non-hydrogen) atoms. The summed E-state index contributed by atoms with van der Waals surface area (Å²) in [6.45, 7) is 0.935. The fourth-order valence-corrected chi connectivity index (χ4v) is 2.45. The second-order valence-corrected chi connectivity index (χ2v) is 5.18. The Labute approximate surface area is 121 Å². The molecule has 1 aliphatic heterocycles. The molecule has 1 atom stereocenters. The molecule has 1 aromatic rings. The fraction of sp³-hybridized carbons (Fsp3) is 0.467. The molecule has 1 aliphatic rings. The monoisotopic (exact) mass is 296 g/mol. The van der Waals surface area contributed by atoms with Crippen molar-refractivity contribution in [2.75, 3.05) is 13.1 Å². The van der Waals surface area contributed by atoms with Crippen molar-refractivity contribution in [3.8, 4) is 6.07 Å². The van der Waals surface area contributed by atoms with Crippen molar-refractivity contribution in [1.29, 1.82) is 5.26 Å². The van der Waals surface area contributed by atoms with Gasteiger partial charge in [-0.05, 0) is 24.5 Å². The molecule has 1 amide bonds. The van der Waals surface area contributed by atoms with Crippen LogP contribution in [0.4, 0.5) is 13.2 Å². The Hall–Kier alpha value is -2.03. The van der Waals surface area contributed by atoms with Crippen LogP contribution >= 0.6 is 0 Å². The molecule has 0 saturated carbocycles. The Morgan fingerprint density at radius 3 is 2.86 bits per heavy atom. The number of alkyl halides is 3. The predicted molar refractivity (Wildman–Crippen MR) is 70.1 cm³/mol. The van der Waals surface area contributed by atoms with Gasteiger partial charge in [0, 0.05) is 13.1 Å². The molecule has 1 saturated heterocycles. The van der Waals surface area contributed by atoms with Crippen molar-refractivity contribution in [3.63, 3.8) is 0 Å². The first-order chi connectivity index (χ1) is 9.90. The first-order valence-electron chi connectivity index (χ1n) is 6.73. The van der Waals surface area contributed by atoms with Crippen LogP contribution in [0.25, 0.3) is 0 Å². The van der Waals surface area contributed by atoms with Gasteiger partial charge in [-0.3, -0.25) is 4.79 Å². The minimum Gasteiger partial charge on any atom is -0.341 e. The van der Waals surface area contributed by atoms with E-state index in [2.05, 4.69) is 6.07 Å². The highest BCUT2D eigenvalue weighted by Crippen LogP contribution is 2.29. The maximum absolute atomic E-state index is 12.6. The van der Waals surface area contributed by atoms with Crippen LogP contribution in [0.15, 0.2) is 24.3 Å². The molecule has 0 aromatic heterocycles. The van der Waals surface area contributed by atoms with Gasteiger partial charge in [-0.1, -0.05) is 18.2 Å². The number of hydrogen-bond acceptors (Lipinski definition) is 2. The summed E-state index contributed by atoms with van der Waals surface area (Å²) in [7, 11) is 0. The summed E-state index contributed by atoms with van der Waals surface area (Å²) in [5, 5.41) is 8.89. The summed E-state index contributed by atoms with van der Waals surface area (Å²) in [6.07, 6.45) is -2.95. The topological polar surface area (TPSA) is 44.1 Å². The van der Waals surface area contributed by atoms with Crippen molar-refractivity contribution >= 4 is 5.91 Å². The van der Waals surface area contributed by atoms with Crippen LogP contribution in [0.2, 0.25) is 0 Å². The second-order valence-electron chi connectivity index (χ2n) is 5.18. The zero-order chi connectivity index (χ0) is 15.5. The molecular formula is C15H15F3N2O. The van der Waals surface area contributed by atoms with Crippen molar-refractivity contribution in [1.82, 2.24) is 4.90 Å². The highest BCUT2D eigenvalue weighted by molar-refractivity contribution is 5.79. The summed E-state index contributed by atoms with van der Waals surface area (Å²) in [5.41, 5.74) is -0.407. The number of rotatable bonds is 2. The van der Waals surface area contributed by atoms with E-state index < -0.39 is 11.7 Å². The van der Waals surface area contributed by atoms with E-state index in [0.717, 1.165) is 25.0 Å². The molecule has 6 heteroatoms. The Kier molecular flexibility index (Phi) is 4.51. The minimum atomic E-state index is -4.41. The Bertz CT molecular complexity index is 563. The number of nitrogens with zero attached hydrogens (tertiary/aromatic N) is 2. The largest absolute Gasteiger partial charge is 0.416 e. The summed E-state index contributed by atoms with van der Waals surface area (Å²) in [6, 6.07) is 6.95. The average molecular weight is 296 g/mol. The van der Waals surface area contributed by atoms with Crippen LogP contribution in [0.3, 0.4) is 0 Å². The van der Waals surface area contributed by atoms with Crippen molar-refractivity contribution in [2.45, 2.75) is 25.4 Å². The summed E-state index contributed by atoms with van der Waals surface area (Å²) in [5.74, 6) is -0.404. The lowest BCUT2D eigenvalue weighted by Gasteiger charge is -2.29. The number of carbonyl (C=O) groups excluding carboxylic acids is 1. The molecule has 1 heterocycles. The van der Waals surface area contributed by atoms with Crippen molar-refractivity contribution in [3.05, 3.63) is 35.4 Å². The van der Waals surface area contributed by atoms with E-state index in [1.54, 1.807) is 4.90 Å². The van der Waals surface area contributed by atoms with Crippen LogP contribution in [0, 0.1) is 17.2 Å². The predicted octanol–water partition coefficient (Wildman–Crippen LogP) is 3.01. The van der Waals surface area contributed by atoms with Gasteiger partial charge in [0.25, 0.3) is 0 Å². The number of piperidine rings is 1. The van der Waals surface area contributed by atoms with E-state index in [0.29, 0.717) is 18.7 Å². The van der Waals surface area contributed by atoms with Crippen molar-refractivity contribution < 1.29 is 18.0 Å². The van der Waals surface area contributed by atoms with Gasteiger partial charge in [0.05, 0.1) is 24.0 Å². The third-order valence-electron chi connectivity index (χ3n) is 3.57.